The maximum absolute atomic E-state index is 12.8. The lowest BCUT2D eigenvalue weighted by atomic mass is 10.1. The fourth-order valence-corrected chi connectivity index (χ4v) is 8.10. The van der Waals surface area contributed by atoms with E-state index in [-0.39, 0.29) is 25.8 Å². The first-order valence-electron chi connectivity index (χ1n) is 27.0. The van der Waals surface area contributed by atoms with Crippen molar-refractivity contribution in [2.75, 3.05) is 54.1 Å². The summed E-state index contributed by atoms with van der Waals surface area (Å²) in [4.78, 5) is 23.0. The molecule has 0 rings (SSSR count). The number of phosphoric acid groups is 1. The second-order valence-corrected chi connectivity index (χ2v) is 20.7. The summed E-state index contributed by atoms with van der Waals surface area (Å²) in [5, 5.41) is 0. The minimum absolute atomic E-state index is 0.0832. The molecule has 8 nitrogen and oxygen atoms in total. The molecule has 0 fully saturated rings. The van der Waals surface area contributed by atoms with Crippen LogP contribution in [0.3, 0.4) is 0 Å². The van der Waals surface area contributed by atoms with Crippen LogP contribution in [0.2, 0.25) is 0 Å². The van der Waals surface area contributed by atoms with Gasteiger partial charge in [0.25, 0.3) is 0 Å². The number of unbranched alkanes of at least 4 members (excludes halogenated alkanes) is 26. The van der Waals surface area contributed by atoms with Crippen LogP contribution in [0, 0.1) is 0 Å². The van der Waals surface area contributed by atoms with Crippen LogP contribution in [0.4, 0.5) is 0 Å². The lowest BCUT2D eigenvalue weighted by molar-refractivity contribution is -0.870. The zero-order valence-electron chi connectivity index (χ0n) is 43.2. The van der Waals surface area contributed by atoms with Crippen molar-refractivity contribution in [3.8, 4) is 0 Å². The molecule has 0 aromatic rings. The fraction of sp³-hybridized carbons (Fsp3) is 0.804. The molecule has 1 N–H and O–H groups in total. The molecule has 0 spiro atoms. The van der Waals surface area contributed by atoms with Gasteiger partial charge < -0.3 is 18.9 Å². The average molecular weight is 935 g/mol. The molecule has 0 aliphatic rings. The van der Waals surface area contributed by atoms with Gasteiger partial charge in [0.2, 0.25) is 0 Å². The molecule has 0 aliphatic heterocycles. The average Bonchev–Trinajstić information content (AvgIpc) is 3.27. The molecule has 0 aliphatic carbocycles. The molecule has 2 unspecified atom stereocenters. The molecule has 380 valence electrons. The van der Waals surface area contributed by atoms with Crippen molar-refractivity contribution >= 4 is 13.8 Å². The standard InChI is InChI=1S/C56H104NO7P/c1-6-8-10-12-14-16-18-20-22-24-26-28-30-32-34-36-38-40-42-44-46-48-51-61-53-55(54-63-65(59,60)62-52-50-57(3,4)5)64-56(58)49-47-45-43-41-39-37-35-33-31-29-27-25-23-21-19-17-15-13-11-9-7-2/h18-21,24-27,31,33,55H,6-17,22-23,28-30,32,34-54H2,1-5H3/p+1/b20-18-,21-19-,26-24-,27-25-,33-31-. The molecule has 0 saturated heterocycles. The van der Waals surface area contributed by atoms with Crippen molar-refractivity contribution in [2.24, 2.45) is 0 Å². The molecule has 0 aromatic carbocycles. The number of rotatable bonds is 50. The number of hydrogen-bond donors (Lipinski definition) is 1. The van der Waals surface area contributed by atoms with E-state index in [1.807, 2.05) is 21.1 Å². The summed E-state index contributed by atoms with van der Waals surface area (Å²) in [5.41, 5.74) is 0. The Labute approximate surface area is 402 Å². The summed E-state index contributed by atoms with van der Waals surface area (Å²) >= 11 is 0. The zero-order chi connectivity index (χ0) is 47.6. The number of quaternary nitrogens is 1. The number of allylic oxidation sites excluding steroid dienone is 10. The molecular formula is C56H105NO7P+. The number of hydrogen-bond acceptors (Lipinski definition) is 6. The minimum Gasteiger partial charge on any atom is -0.457 e. The van der Waals surface area contributed by atoms with Crippen molar-refractivity contribution in [1.29, 1.82) is 0 Å². The largest absolute Gasteiger partial charge is 0.472 e. The lowest BCUT2D eigenvalue weighted by Crippen LogP contribution is -2.37. The first kappa shape index (κ1) is 63.2. The number of nitrogens with zero attached hydrogens (tertiary/aromatic N) is 1. The highest BCUT2D eigenvalue weighted by Crippen LogP contribution is 2.43. The summed E-state index contributed by atoms with van der Waals surface area (Å²) in [6.45, 7) is 5.59. The number of ether oxygens (including phenoxy) is 2. The molecule has 0 aromatic heterocycles. The van der Waals surface area contributed by atoms with Crippen LogP contribution in [0.1, 0.15) is 232 Å². The van der Waals surface area contributed by atoms with Gasteiger partial charge >= 0.3 is 13.8 Å². The van der Waals surface area contributed by atoms with E-state index in [2.05, 4.69) is 74.6 Å². The molecule has 9 heteroatoms. The Kier molecular flexibility index (Phi) is 47.3. The summed E-state index contributed by atoms with van der Waals surface area (Å²) in [7, 11) is 1.65. The highest BCUT2D eigenvalue weighted by molar-refractivity contribution is 7.47. The number of carbonyl (C=O) groups excluding carboxylic acids is 1. The quantitative estimate of drug-likeness (QED) is 0.0214. The van der Waals surface area contributed by atoms with E-state index in [9.17, 15) is 14.3 Å². The SMILES string of the molecule is CCCCCCC/C=C\C/C=C\C/C=C\CCCCCCCCC(=O)OC(COCCCCCCCCCCCC/C=C\C/C=C\CCCCCCC)COP(=O)(O)OCC[N+](C)(C)C. The first-order chi connectivity index (χ1) is 31.6. The van der Waals surface area contributed by atoms with Crippen LogP contribution in [0.25, 0.3) is 0 Å². The van der Waals surface area contributed by atoms with Gasteiger partial charge in [-0.15, -0.1) is 0 Å². The summed E-state index contributed by atoms with van der Waals surface area (Å²) in [6.07, 6.45) is 62.7. The number of likely N-dealkylation sites (N-methyl/N-ethyl adjacent to an activating group) is 1. The zero-order valence-corrected chi connectivity index (χ0v) is 44.1. The van der Waals surface area contributed by atoms with Gasteiger partial charge in [-0.2, -0.15) is 0 Å². The van der Waals surface area contributed by atoms with E-state index in [0.717, 1.165) is 64.2 Å². The molecule has 65 heavy (non-hydrogen) atoms. The summed E-state index contributed by atoms with van der Waals surface area (Å²) < 4.78 is 35.2. The van der Waals surface area contributed by atoms with E-state index in [4.69, 9.17) is 18.5 Å². The van der Waals surface area contributed by atoms with E-state index in [1.54, 1.807) is 0 Å². The van der Waals surface area contributed by atoms with Crippen molar-refractivity contribution in [3.05, 3.63) is 60.8 Å². The lowest BCUT2D eigenvalue weighted by Gasteiger charge is -2.24. The molecular weight excluding hydrogens is 830 g/mol. The second kappa shape index (κ2) is 48.6. The Morgan fingerprint density at radius 3 is 1.26 bits per heavy atom. The number of esters is 1. The van der Waals surface area contributed by atoms with Gasteiger partial charge in [-0.1, -0.05) is 203 Å². The van der Waals surface area contributed by atoms with Gasteiger partial charge in [0, 0.05) is 13.0 Å². The predicted octanol–water partition coefficient (Wildman–Crippen LogP) is 16.8. The Morgan fingerprint density at radius 2 is 0.846 bits per heavy atom. The first-order valence-corrected chi connectivity index (χ1v) is 28.5. The summed E-state index contributed by atoms with van der Waals surface area (Å²) in [6, 6.07) is 0. The Morgan fingerprint density at radius 1 is 0.477 bits per heavy atom. The molecule has 0 saturated carbocycles. The smallest absolute Gasteiger partial charge is 0.457 e. The van der Waals surface area contributed by atoms with Gasteiger partial charge in [-0.05, 0) is 83.5 Å². The van der Waals surface area contributed by atoms with Crippen LogP contribution < -0.4 is 0 Å². The van der Waals surface area contributed by atoms with Crippen LogP contribution >= 0.6 is 7.82 Å². The molecule has 0 heterocycles. The second-order valence-electron chi connectivity index (χ2n) is 19.3. The number of carbonyl (C=O) groups is 1. The topological polar surface area (TPSA) is 91.3 Å². The Bertz CT molecular complexity index is 1220. The monoisotopic (exact) mass is 935 g/mol. The van der Waals surface area contributed by atoms with Gasteiger partial charge in [-0.25, -0.2) is 4.57 Å². The third-order valence-corrected chi connectivity index (χ3v) is 12.5. The van der Waals surface area contributed by atoms with Crippen molar-refractivity contribution in [3.63, 3.8) is 0 Å². The molecule has 2 atom stereocenters. The minimum atomic E-state index is -4.29. The third kappa shape index (κ3) is 53.0. The van der Waals surface area contributed by atoms with Crippen LogP contribution in [-0.2, 0) is 27.9 Å². The molecule has 0 radical (unpaired) electrons. The fourth-order valence-electron chi connectivity index (χ4n) is 7.36. The highest BCUT2D eigenvalue weighted by Gasteiger charge is 2.26. The van der Waals surface area contributed by atoms with Crippen molar-refractivity contribution in [1.82, 2.24) is 0 Å². The van der Waals surface area contributed by atoms with E-state index >= 15 is 0 Å². The Balaban J connectivity index is 4.16. The Hall–Kier alpha value is -1.80. The number of phosphoric ester groups is 1. The van der Waals surface area contributed by atoms with Crippen molar-refractivity contribution < 1.29 is 37.3 Å². The van der Waals surface area contributed by atoms with E-state index < -0.39 is 13.9 Å². The van der Waals surface area contributed by atoms with Crippen LogP contribution in [0.15, 0.2) is 60.8 Å². The van der Waals surface area contributed by atoms with E-state index in [0.29, 0.717) is 24.1 Å². The van der Waals surface area contributed by atoms with Crippen molar-refractivity contribution in [2.45, 2.75) is 238 Å². The predicted molar refractivity (Wildman–Crippen MR) is 279 cm³/mol. The normalized spacial score (nSPS) is 14.0. The van der Waals surface area contributed by atoms with Crippen LogP contribution in [-0.4, -0.2) is 75.6 Å². The molecule has 0 amide bonds. The summed E-state index contributed by atoms with van der Waals surface area (Å²) in [5.74, 6) is -0.326. The maximum atomic E-state index is 12.8. The van der Waals surface area contributed by atoms with Gasteiger partial charge in [0.1, 0.15) is 19.3 Å². The maximum Gasteiger partial charge on any atom is 0.472 e. The third-order valence-electron chi connectivity index (χ3n) is 11.6. The highest BCUT2D eigenvalue weighted by atomic mass is 31.2. The van der Waals surface area contributed by atoms with Gasteiger partial charge in [-0.3, -0.25) is 13.8 Å². The van der Waals surface area contributed by atoms with Crippen LogP contribution in [0.5, 0.6) is 0 Å². The van der Waals surface area contributed by atoms with Gasteiger partial charge in [0.15, 0.2) is 0 Å². The van der Waals surface area contributed by atoms with Gasteiger partial charge in [0.05, 0.1) is 34.4 Å². The van der Waals surface area contributed by atoms with E-state index in [1.165, 1.54) is 148 Å². The molecule has 0 bridgehead atoms.